The maximum Gasteiger partial charge on any atom is 0.277 e. The number of anilines is 2. The summed E-state index contributed by atoms with van der Waals surface area (Å²) >= 11 is 1.61. The minimum absolute atomic E-state index is 0.0687. The smallest absolute Gasteiger partial charge is 0.277 e. The van der Waals surface area contributed by atoms with Gasteiger partial charge in [0, 0.05) is 49.6 Å². The molecule has 0 aromatic carbocycles. The molecule has 0 saturated carbocycles. The molecule has 0 aliphatic carbocycles. The third-order valence-electron chi connectivity index (χ3n) is 5.60. The predicted octanol–water partition coefficient (Wildman–Crippen LogP) is 2.58. The van der Waals surface area contributed by atoms with Gasteiger partial charge in [0.2, 0.25) is 5.95 Å². The lowest BCUT2D eigenvalue weighted by Gasteiger charge is -2.28. The first-order valence-corrected chi connectivity index (χ1v) is 12.6. The molecule has 1 fully saturated rings. The Bertz CT molecular complexity index is 1300. The number of aliphatic hydroxyl groups is 1. The molecule has 37 heavy (non-hydrogen) atoms. The number of allylic oxidation sites excluding steroid dienone is 4. The summed E-state index contributed by atoms with van der Waals surface area (Å²) in [4.78, 5) is 35.0. The van der Waals surface area contributed by atoms with Crippen molar-refractivity contribution < 1.29 is 19.8 Å². The minimum atomic E-state index is -0.667. The number of carbonyl (C=O) groups excluding carboxylic acids is 1. The third kappa shape index (κ3) is 6.35. The van der Waals surface area contributed by atoms with Crippen LogP contribution in [0.15, 0.2) is 49.3 Å². The number of aliphatic hydroxyl groups excluding tert-OH is 1. The highest BCUT2D eigenvalue weighted by Gasteiger charge is 2.21. The standard InChI is InChI=1S/C25H29N7O4S/c1-3-6-17(7-4-5-10-33)22-28-20-13-19(37-21(20)23(29-22)32-8-11-36-12-9-32)16-31(2)25-26-14-18(15-27-25)24(34)30-35/h3-4,6-7,13-15,33,35H,1,5,8-12,16H2,2H3,(H,30,34)/b7-4-,17-6+. The highest BCUT2D eigenvalue weighted by atomic mass is 32.1. The van der Waals surface area contributed by atoms with Gasteiger partial charge in [-0.15, -0.1) is 11.3 Å². The number of ether oxygens (including phenoxy) is 1. The normalized spacial score (nSPS) is 14.4. The first-order chi connectivity index (χ1) is 18.0. The lowest BCUT2D eigenvalue weighted by atomic mass is 10.2. The van der Waals surface area contributed by atoms with Gasteiger partial charge in [-0.2, -0.15) is 0 Å². The summed E-state index contributed by atoms with van der Waals surface area (Å²) in [6, 6.07) is 2.04. The fourth-order valence-electron chi connectivity index (χ4n) is 3.78. The second-order valence-corrected chi connectivity index (χ2v) is 9.38. The van der Waals surface area contributed by atoms with E-state index in [-0.39, 0.29) is 12.2 Å². The number of hydrogen-bond donors (Lipinski definition) is 3. The molecule has 4 rings (SSSR count). The van der Waals surface area contributed by atoms with E-state index in [4.69, 9.17) is 25.0 Å². The Hall–Kier alpha value is -3.71. The summed E-state index contributed by atoms with van der Waals surface area (Å²) in [5, 5.41) is 17.9. The summed E-state index contributed by atoms with van der Waals surface area (Å²) in [5.74, 6) is 1.22. The third-order valence-corrected chi connectivity index (χ3v) is 6.71. The molecular formula is C25H29N7O4S. The first-order valence-electron chi connectivity index (χ1n) is 11.7. The summed E-state index contributed by atoms with van der Waals surface area (Å²) in [7, 11) is 1.86. The van der Waals surface area contributed by atoms with Gasteiger partial charge in [-0.05, 0) is 12.5 Å². The Morgan fingerprint density at radius 1 is 1.30 bits per heavy atom. The van der Waals surface area contributed by atoms with Gasteiger partial charge in [0.05, 0.1) is 35.5 Å². The average Bonchev–Trinajstić information content (AvgIpc) is 3.34. The molecule has 0 radical (unpaired) electrons. The average molecular weight is 524 g/mol. The maximum absolute atomic E-state index is 11.5. The van der Waals surface area contributed by atoms with Gasteiger partial charge in [-0.25, -0.2) is 25.4 Å². The van der Waals surface area contributed by atoms with Crippen LogP contribution in [0.4, 0.5) is 11.8 Å². The highest BCUT2D eigenvalue weighted by Crippen LogP contribution is 2.34. The molecule has 1 saturated heterocycles. The minimum Gasteiger partial charge on any atom is -0.396 e. The number of rotatable bonds is 10. The number of fused-ring (bicyclic) bond motifs is 1. The number of nitrogens with zero attached hydrogens (tertiary/aromatic N) is 6. The van der Waals surface area contributed by atoms with Crippen molar-refractivity contribution in [3.05, 3.63) is 65.6 Å². The van der Waals surface area contributed by atoms with Crippen LogP contribution in [0.3, 0.4) is 0 Å². The monoisotopic (exact) mass is 523 g/mol. The second kappa shape index (κ2) is 12.5. The van der Waals surface area contributed by atoms with Crippen LogP contribution in [0.25, 0.3) is 15.8 Å². The van der Waals surface area contributed by atoms with Crippen LogP contribution in [-0.2, 0) is 11.3 Å². The number of carbonyl (C=O) groups is 1. The van der Waals surface area contributed by atoms with Crippen LogP contribution >= 0.6 is 11.3 Å². The number of aromatic nitrogens is 4. The fourth-order valence-corrected chi connectivity index (χ4v) is 4.95. The number of amides is 1. The van der Waals surface area contributed by atoms with E-state index in [1.807, 2.05) is 36.2 Å². The van der Waals surface area contributed by atoms with Gasteiger partial charge in [0.25, 0.3) is 5.91 Å². The van der Waals surface area contributed by atoms with E-state index < -0.39 is 5.91 Å². The number of hydroxylamine groups is 1. The zero-order chi connectivity index (χ0) is 26.2. The van der Waals surface area contributed by atoms with Gasteiger partial charge >= 0.3 is 0 Å². The molecule has 12 heteroatoms. The van der Waals surface area contributed by atoms with Crippen LogP contribution in [0.2, 0.25) is 0 Å². The van der Waals surface area contributed by atoms with Crippen molar-refractivity contribution >= 4 is 44.8 Å². The lowest BCUT2D eigenvalue weighted by molar-refractivity contribution is 0.0705. The molecule has 4 heterocycles. The van der Waals surface area contributed by atoms with Gasteiger partial charge in [-0.3, -0.25) is 10.0 Å². The molecule has 3 aromatic heterocycles. The van der Waals surface area contributed by atoms with Crippen molar-refractivity contribution in [2.45, 2.75) is 13.0 Å². The fraction of sp³-hybridized carbons (Fsp3) is 0.320. The van der Waals surface area contributed by atoms with Crippen LogP contribution in [-0.4, -0.2) is 76.1 Å². The Morgan fingerprint density at radius 3 is 2.73 bits per heavy atom. The topological polar surface area (TPSA) is 137 Å². The van der Waals surface area contributed by atoms with Crippen LogP contribution < -0.4 is 15.3 Å². The van der Waals surface area contributed by atoms with Crippen molar-refractivity contribution in [2.75, 3.05) is 49.8 Å². The molecule has 1 aliphatic rings. The number of thiophene rings is 1. The lowest BCUT2D eigenvalue weighted by Crippen LogP contribution is -2.37. The maximum atomic E-state index is 11.5. The predicted molar refractivity (Wildman–Crippen MR) is 143 cm³/mol. The van der Waals surface area contributed by atoms with Crippen molar-refractivity contribution in [3.63, 3.8) is 0 Å². The SMILES string of the molecule is C=C/C=C(\C=C/CCO)c1nc(N2CCOCC2)c2sc(CN(C)c3ncc(C(=O)NO)cn3)cc2n1. The summed E-state index contributed by atoms with van der Waals surface area (Å²) < 4.78 is 6.54. The molecule has 1 amide bonds. The molecule has 194 valence electrons. The second-order valence-electron chi connectivity index (χ2n) is 8.24. The van der Waals surface area contributed by atoms with Crippen molar-refractivity contribution in [1.29, 1.82) is 0 Å². The largest absolute Gasteiger partial charge is 0.396 e. The molecule has 1 aliphatic heterocycles. The Kier molecular flexibility index (Phi) is 8.90. The molecule has 3 N–H and O–H groups in total. The van der Waals surface area contributed by atoms with Gasteiger partial charge in [0.15, 0.2) is 11.6 Å². The number of morpholine rings is 1. The van der Waals surface area contributed by atoms with Crippen molar-refractivity contribution in [3.8, 4) is 0 Å². The summed E-state index contributed by atoms with van der Waals surface area (Å²) in [6.45, 7) is 7.16. The quantitative estimate of drug-likeness (QED) is 0.207. The Labute approximate surface area is 218 Å². The van der Waals surface area contributed by atoms with Crippen LogP contribution in [0, 0.1) is 0 Å². The van der Waals surface area contributed by atoms with Crippen LogP contribution in [0.1, 0.15) is 27.5 Å². The molecule has 0 bridgehead atoms. The van der Waals surface area contributed by atoms with Crippen molar-refractivity contribution in [2.24, 2.45) is 0 Å². The van der Waals surface area contributed by atoms with Crippen molar-refractivity contribution in [1.82, 2.24) is 25.4 Å². The van der Waals surface area contributed by atoms with E-state index in [2.05, 4.69) is 21.4 Å². The first kappa shape index (κ1) is 26.4. The summed E-state index contributed by atoms with van der Waals surface area (Å²) in [6.07, 6.45) is 10.6. The molecule has 0 unspecified atom stereocenters. The number of nitrogens with one attached hydrogen (secondary N) is 1. The Morgan fingerprint density at radius 2 is 2.05 bits per heavy atom. The van der Waals surface area contributed by atoms with E-state index in [0.717, 1.165) is 39.6 Å². The van der Waals surface area contributed by atoms with E-state index >= 15 is 0 Å². The summed E-state index contributed by atoms with van der Waals surface area (Å²) in [5.41, 5.74) is 3.38. The molecule has 0 spiro atoms. The molecular weight excluding hydrogens is 494 g/mol. The molecule has 11 nitrogen and oxygen atoms in total. The zero-order valence-electron chi connectivity index (χ0n) is 20.5. The van der Waals surface area contributed by atoms with E-state index in [0.29, 0.717) is 38.0 Å². The molecule has 3 aromatic rings. The highest BCUT2D eigenvalue weighted by molar-refractivity contribution is 7.19. The Balaban J connectivity index is 1.68. The number of hydrogen-bond acceptors (Lipinski definition) is 11. The molecule has 0 atom stereocenters. The van der Waals surface area contributed by atoms with E-state index in [1.54, 1.807) is 22.9 Å². The van der Waals surface area contributed by atoms with E-state index in [9.17, 15) is 4.79 Å². The van der Waals surface area contributed by atoms with Gasteiger partial charge < -0.3 is 19.6 Å². The van der Waals surface area contributed by atoms with Gasteiger partial charge in [-0.1, -0.05) is 30.9 Å². The van der Waals surface area contributed by atoms with E-state index in [1.165, 1.54) is 12.4 Å². The van der Waals surface area contributed by atoms with Gasteiger partial charge in [0.1, 0.15) is 0 Å². The zero-order valence-corrected chi connectivity index (χ0v) is 21.3. The van der Waals surface area contributed by atoms with Crippen LogP contribution in [0.5, 0.6) is 0 Å².